The van der Waals surface area contributed by atoms with Gasteiger partial charge in [-0.1, -0.05) is 20.8 Å². The van der Waals surface area contributed by atoms with Crippen molar-refractivity contribution in [1.82, 2.24) is 20.1 Å². The van der Waals surface area contributed by atoms with Crippen molar-refractivity contribution in [3.8, 4) is 0 Å². The molecule has 28 heavy (non-hydrogen) atoms. The number of rotatable bonds is 3. The lowest BCUT2D eigenvalue weighted by molar-refractivity contribution is -0.126. The minimum Gasteiger partial charge on any atom is -0.324 e. The highest BCUT2D eigenvalue weighted by Crippen LogP contribution is 2.33. The van der Waals surface area contributed by atoms with E-state index in [0.717, 1.165) is 46.8 Å². The number of nitrogens with zero attached hydrogens (tertiary/aromatic N) is 3. The van der Waals surface area contributed by atoms with Crippen LogP contribution in [0.3, 0.4) is 0 Å². The summed E-state index contributed by atoms with van der Waals surface area (Å²) in [6.07, 6.45) is 5.05. The van der Waals surface area contributed by atoms with Gasteiger partial charge in [0.2, 0.25) is 0 Å². The van der Waals surface area contributed by atoms with Gasteiger partial charge in [-0.15, -0.1) is 23.7 Å². The average Bonchev–Trinajstić information content (AvgIpc) is 3.31. The number of amides is 1. The molecule has 0 spiro atoms. The van der Waals surface area contributed by atoms with Gasteiger partial charge in [-0.25, -0.2) is 4.98 Å². The molecule has 1 aromatic carbocycles. The zero-order chi connectivity index (χ0) is 19.1. The summed E-state index contributed by atoms with van der Waals surface area (Å²) >= 11 is 1.69. The van der Waals surface area contributed by atoms with E-state index in [1.165, 1.54) is 0 Å². The summed E-state index contributed by atoms with van der Waals surface area (Å²) in [6, 6.07) is 7.82. The van der Waals surface area contributed by atoms with Gasteiger partial charge in [0.25, 0.3) is 5.91 Å². The first kappa shape index (κ1) is 20.8. The summed E-state index contributed by atoms with van der Waals surface area (Å²) in [7, 11) is 0. The SMILES string of the molecule is CC(C)(C)c1nc2ccc(NC(=O)C3(n4cccn4)CCNCC3)cc2s1.Cl. The fourth-order valence-electron chi connectivity index (χ4n) is 3.49. The van der Waals surface area contributed by atoms with Gasteiger partial charge in [-0.3, -0.25) is 9.48 Å². The van der Waals surface area contributed by atoms with Gasteiger partial charge < -0.3 is 10.6 Å². The molecule has 0 aliphatic carbocycles. The fraction of sp³-hybridized carbons (Fsp3) is 0.450. The highest BCUT2D eigenvalue weighted by Gasteiger charge is 2.42. The van der Waals surface area contributed by atoms with E-state index in [2.05, 4.69) is 36.5 Å². The van der Waals surface area contributed by atoms with Crippen molar-refractivity contribution in [2.24, 2.45) is 0 Å². The van der Waals surface area contributed by atoms with Crippen LogP contribution in [0.4, 0.5) is 5.69 Å². The van der Waals surface area contributed by atoms with Crippen molar-refractivity contribution in [2.45, 2.75) is 44.6 Å². The maximum Gasteiger partial charge on any atom is 0.252 e. The average molecular weight is 420 g/mol. The van der Waals surface area contributed by atoms with E-state index in [1.54, 1.807) is 17.5 Å². The van der Waals surface area contributed by atoms with Crippen LogP contribution in [0.5, 0.6) is 0 Å². The third kappa shape index (κ3) is 3.79. The molecule has 1 aliphatic heterocycles. The molecule has 150 valence electrons. The topological polar surface area (TPSA) is 71.8 Å². The van der Waals surface area contributed by atoms with Crippen LogP contribution < -0.4 is 10.6 Å². The van der Waals surface area contributed by atoms with Crippen LogP contribution in [-0.2, 0) is 15.7 Å². The Hall–Kier alpha value is -1.96. The Labute approximate surface area is 175 Å². The van der Waals surface area contributed by atoms with Gasteiger partial charge in [0.15, 0.2) is 0 Å². The lowest BCUT2D eigenvalue weighted by atomic mass is 9.87. The van der Waals surface area contributed by atoms with Crippen molar-refractivity contribution in [3.63, 3.8) is 0 Å². The number of halogens is 1. The number of aromatic nitrogens is 3. The Balaban J connectivity index is 0.00000225. The minimum absolute atomic E-state index is 0. The Kier molecular flexibility index (Phi) is 5.79. The number of fused-ring (bicyclic) bond motifs is 1. The molecule has 2 aromatic heterocycles. The first-order valence-corrected chi connectivity index (χ1v) is 10.1. The number of carbonyl (C=O) groups is 1. The first-order chi connectivity index (χ1) is 12.9. The second-order valence-electron chi connectivity index (χ2n) is 8.14. The number of carbonyl (C=O) groups excluding carboxylic acids is 1. The van der Waals surface area contributed by atoms with Crippen LogP contribution in [0.1, 0.15) is 38.6 Å². The maximum atomic E-state index is 13.3. The van der Waals surface area contributed by atoms with Crippen LogP contribution in [-0.4, -0.2) is 33.8 Å². The Morgan fingerprint density at radius 3 is 2.68 bits per heavy atom. The smallest absolute Gasteiger partial charge is 0.252 e. The number of anilines is 1. The lowest BCUT2D eigenvalue weighted by Gasteiger charge is -2.36. The summed E-state index contributed by atoms with van der Waals surface area (Å²) in [5, 5.41) is 11.9. The molecule has 3 aromatic rings. The van der Waals surface area contributed by atoms with Gasteiger partial charge >= 0.3 is 0 Å². The number of thiazole rings is 1. The van der Waals surface area contributed by atoms with E-state index in [-0.39, 0.29) is 23.7 Å². The quantitative estimate of drug-likeness (QED) is 0.674. The van der Waals surface area contributed by atoms with Crippen molar-refractivity contribution < 1.29 is 4.79 Å². The van der Waals surface area contributed by atoms with Gasteiger partial charge in [-0.05, 0) is 50.2 Å². The summed E-state index contributed by atoms with van der Waals surface area (Å²) in [4.78, 5) is 18.0. The summed E-state index contributed by atoms with van der Waals surface area (Å²) in [5.74, 6) is -0.00684. The molecule has 1 fully saturated rings. The fourth-order valence-corrected chi connectivity index (χ4v) is 4.56. The third-order valence-corrected chi connectivity index (χ3v) is 6.53. The van der Waals surface area contributed by atoms with E-state index < -0.39 is 5.54 Å². The molecule has 4 rings (SSSR count). The highest BCUT2D eigenvalue weighted by atomic mass is 35.5. The van der Waals surface area contributed by atoms with Gasteiger partial charge in [0.1, 0.15) is 5.54 Å². The zero-order valence-electron chi connectivity index (χ0n) is 16.4. The monoisotopic (exact) mass is 419 g/mol. The molecule has 1 amide bonds. The molecular weight excluding hydrogens is 394 g/mol. The Bertz CT molecular complexity index is 955. The van der Waals surface area contributed by atoms with E-state index in [4.69, 9.17) is 4.98 Å². The van der Waals surface area contributed by atoms with Crippen LogP contribution in [0, 0.1) is 0 Å². The molecule has 0 saturated carbocycles. The summed E-state index contributed by atoms with van der Waals surface area (Å²) < 4.78 is 2.91. The molecule has 6 nitrogen and oxygen atoms in total. The molecule has 0 bridgehead atoms. The lowest BCUT2D eigenvalue weighted by Crippen LogP contribution is -2.52. The van der Waals surface area contributed by atoms with Gasteiger partial charge in [-0.2, -0.15) is 5.10 Å². The van der Waals surface area contributed by atoms with Crippen LogP contribution >= 0.6 is 23.7 Å². The van der Waals surface area contributed by atoms with E-state index in [9.17, 15) is 4.79 Å². The highest BCUT2D eigenvalue weighted by molar-refractivity contribution is 7.18. The summed E-state index contributed by atoms with van der Waals surface area (Å²) in [6.45, 7) is 8.10. The number of piperidine rings is 1. The van der Waals surface area contributed by atoms with Crippen molar-refractivity contribution in [1.29, 1.82) is 0 Å². The standard InChI is InChI=1S/C20H25N5OS.ClH/c1-19(2,3)18-24-15-6-5-14(13-16(15)27-18)23-17(26)20(7-10-21-11-8-20)25-12-4-9-22-25;/h4-6,9,12-13,21H,7-8,10-11H2,1-3H3,(H,23,26);1H. The molecule has 8 heteroatoms. The van der Waals surface area contributed by atoms with E-state index >= 15 is 0 Å². The van der Waals surface area contributed by atoms with Crippen molar-refractivity contribution in [2.75, 3.05) is 18.4 Å². The predicted octanol–water partition coefficient (Wildman–Crippen LogP) is 3.93. The van der Waals surface area contributed by atoms with E-state index in [0.29, 0.717) is 0 Å². The molecule has 2 N–H and O–H groups in total. The number of nitrogens with one attached hydrogen (secondary N) is 2. The first-order valence-electron chi connectivity index (χ1n) is 9.32. The van der Waals surface area contributed by atoms with Gasteiger partial charge in [0.05, 0.1) is 15.2 Å². The normalized spacial score (nSPS) is 16.5. The molecule has 3 heterocycles. The number of hydrogen-bond donors (Lipinski definition) is 2. The van der Waals surface area contributed by atoms with E-state index in [1.807, 2.05) is 35.1 Å². The zero-order valence-corrected chi connectivity index (χ0v) is 18.0. The molecule has 1 saturated heterocycles. The van der Waals surface area contributed by atoms with Gasteiger partial charge in [0, 0.05) is 23.5 Å². The summed E-state index contributed by atoms with van der Waals surface area (Å²) in [5.41, 5.74) is 1.16. The van der Waals surface area contributed by atoms with Crippen molar-refractivity contribution >= 4 is 45.6 Å². The molecule has 0 radical (unpaired) electrons. The Morgan fingerprint density at radius 2 is 2.04 bits per heavy atom. The molecule has 0 atom stereocenters. The van der Waals surface area contributed by atoms with Crippen LogP contribution in [0.25, 0.3) is 10.2 Å². The Morgan fingerprint density at radius 1 is 1.29 bits per heavy atom. The van der Waals surface area contributed by atoms with Crippen LogP contribution in [0.2, 0.25) is 0 Å². The molecule has 0 unspecified atom stereocenters. The second kappa shape index (κ2) is 7.81. The second-order valence-corrected chi connectivity index (χ2v) is 9.17. The molecular formula is C20H26ClN5OS. The third-order valence-electron chi connectivity index (χ3n) is 5.08. The largest absolute Gasteiger partial charge is 0.324 e. The van der Waals surface area contributed by atoms with Crippen molar-refractivity contribution in [3.05, 3.63) is 41.7 Å². The number of hydrogen-bond acceptors (Lipinski definition) is 5. The maximum absolute atomic E-state index is 13.3. The minimum atomic E-state index is -0.645. The number of benzene rings is 1. The van der Waals surface area contributed by atoms with Crippen LogP contribution in [0.15, 0.2) is 36.7 Å². The predicted molar refractivity (Wildman–Crippen MR) is 117 cm³/mol. The molecule has 1 aliphatic rings.